The Morgan fingerprint density at radius 3 is 1.72 bits per heavy atom. The minimum Gasteiger partial charge on any atom is -0.248 e. The van der Waals surface area contributed by atoms with Crippen LogP contribution < -0.4 is 17.1 Å². The van der Waals surface area contributed by atoms with Gasteiger partial charge in [0.15, 0.2) is 0 Å². The van der Waals surface area contributed by atoms with E-state index < -0.39 is 17.1 Å². The fourth-order valence-corrected chi connectivity index (χ4v) is 1.71. The highest BCUT2D eigenvalue weighted by molar-refractivity contribution is 6.30. The predicted molar refractivity (Wildman–Crippen MR) is 67.5 cm³/mol. The monoisotopic (exact) mass is 267 g/mol. The van der Waals surface area contributed by atoms with E-state index in [9.17, 15) is 14.4 Å². The second-order valence-electron chi connectivity index (χ2n) is 3.78. The summed E-state index contributed by atoms with van der Waals surface area (Å²) >= 11 is 5.74. The minimum absolute atomic E-state index is 0.362. The molecule has 0 radical (unpaired) electrons. The zero-order chi connectivity index (χ0) is 13.4. The van der Waals surface area contributed by atoms with Crippen LogP contribution in [0.5, 0.6) is 0 Å². The van der Waals surface area contributed by atoms with Gasteiger partial charge in [0.2, 0.25) is 0 Å². The summed E-state index contributed by atoms with van der Waals surface area (Å²) in [7, 11) is 2.63. The van der Waals surface area contributed by atoms with E-state index in [1.807, 2.05) is 0 Å². The van der Waals surface area contributed by atoms with Crippen molar-refractivity contribution < 1.29 is 0 Å². The molecule has 1 aromatic carbocycles. The standard InChI is InChI=1S/C11H10ClN3O3/c1-13-9(16)14(2)11(18)15(10(13)17)8-5-3-7(12)4-6-8/h3-6H,1-2H3. The van der Waals surface area contributed by atoms with Crippen molar-refractivity contribution in [3.63, 3.8) is 0 Å². The molecule has 18 heavy (non-hydrogen) atoms. The Bertz CT molecular complexity index is 728. The summed E-state index contributed by atoms with van der Waals surface area (Å²) in [5.41, 5.74) is -1.67. The maximum Gasteiger partial charge on any atom is 0.340 e. The maximum absolute atomic E-state index is 11.9. The van der Waals surface area contributed by atoms with Gasteiger partial charge in [0.1, 0.15) is 0 Å². The number of rotatable bonds is 1. The number of hydrogen-bond donors (Lipinski definition) is 0. The molecule has 0 fully saturated rings. The summed E-state index contributed by atoms with van der Waals surface area (Å²) in [6.45, 7) is 0. The molecule has 0 aliphatic carbocycles. The van der Waals surface area contributed by atoms with Crippen molar-refractivity contribution in [2.45, 2.75) is 0 Å². The third-order valence-corrected chi connectivity index (χ3v) is 2.87. The van der Waals surface area contributed by atoms with Crippen LogP contribution in [0.2, 0.25) is 5.02 Å². The van der Waals surface area contributed by atoms with Gasteiger partial charge in [-0.25, -0.2) is 28.1 Å². The molecule has 0 saturated carbocycles. The van der Waals surface area contributed by atoms with Crippen LogP contribution in [0.15, 0.2) is 38.6 Å². The van der Waals surface area contributed by atoms with Gasteiger partial charge >= 0.3 is 17.1 Å². The first-order valence-electron chi connectivity index (χ1n) is 5.08. The second-order valence-corrected chi connectivity index (χ2v) is 4.21. The molecule has 6 nitrogen and oxygen atoms in total. The summed E-state index contributed by atoms with van der Waals surface area (Å²) in [5, 5.41) is 0.494. The number of aromatic nitrogens is 3. The first-order valence-corrected chi connectivity index (χ1v) is 5.46. The Balaban J connectivity index is 2.89. The molecular weight excluding hydrogens is 258 g/mol. The van der Waals surface area contributed by atoms with Crippen LogP contribution in [0, 0.1) is 0 Å². The minimum atomic E-state index is -0.689. The molecule has 1 aromatic heterocycles. The summed E-state index contributed by atoms with van der Waals surface area (Å²) < 4.78 is 2.66. The molecule has 94 valence electrons. The van der Waals surface area contributed by atoms with Crippen LogP contribution in [-0.2, 0) is 14.1 Å². The van der Waals surface area contributed by atoms with Gasteiger partial charge in [0.25, 0.3) is 0 Å². The first-order chi connectivity index (χ1) is 8.43. The first kappa shape index (κ1) is 12.4. The number of hydrogen-bond acceptors (Lipinski definition) is 3. The largest absolute Gasteiger partial charge is 0.340 e. The van der Waals surface area contributed by atoms with E-state index >= 15 is 0 Å². The van der Waals surface area contributed by atoms with Gasteiger partial charge in [-0.2, -0.15) is 0 Å². The van der Waals surface area contributed by atoms with Gasteiger partial charge < -0.3 is 0 Å². The van der Waals surface area contributed by atoms with E-state index in [1.165, 1.54) is 26.2 Å². The summed E-state index contributed by atoms with van der Waals surface area (Å²) in [4.78, 5) is 35.4. The number of nitrogens with zero attached hydrogens (tertiary/aromatic N) is 3. The molecule has 0 amide bonds. The SMILES string of the molecule is Cn1c(=O)n(C)c(=O)n(-c2ccc(Cl)cc2)c1=O. The van der Waals surface area contributed by atoms with Crippen molar-refractivity contribution in [2.24, 2.45) is 14.1 Å². The lowest BCUT2D eigenvalue weighted by Crippen LogP contribution is -2.52. The summed E-state index contributed by atoms with van der Waals surface area (Å²) in [6.07, 6.45) is 0. The molecule has 2 rings (SSSR count). The molecule has 0 atom stereocenters. The van der Waals surface area contributed by atoms with Crippen molar-refractivity contribution in [2.75, 3.05) is 0 Å². The van der Waals surface area contributed by atoms with E-state index in [0.29, 0.717) is 10.7 Å². The fraction of sp³-hybridized carbons (Fsp3) is 0.182. The van der Waals surface area contributed by atoms with E-state index in [4.69, 9.17) is 11.6 Å². The van der Waals surface area contributed by atoms with Crippen LogP contribution in [0.25, 0.3) is 5.69 Å². The van der Waals surface area contributed by atoms with Crippen LogP contribution in [-0.4, -0.2) is 13.7 Å². The van der Waals surface area contributed by atoms with Crippen molar-refractivity contribution in [1.29, 1.82) is 0 Å². The zero-order valence-electron chi connectivity index (χ0n) is 9.75. The van der Waals surface area contributed by atoms with Crippen molar-refractivity contribution in [1.82, 2.24) is 13.7 Å². The third kappa shape index (κ3) is 1.80. The van der Waals surface area contributed by atoms with Gasteiger partial charge in [-0.05, 0) is 24.3 Å². The Hall–Kier alpha value is -2.08. The zero-order valence-corrected chi connectivity index (χ0v) is 10.5. The molecular formula is C11H10ClN3O3. The Labute approximate surface area is 106 Å². The van der Waals surface area contributed by atoms with E-state index in [-0.39, 0.29) is 0 Å². The third-order valence-electron chi connectivity index (χ3n) is 2.62. The van der Waals surface area contributed by atoms with E-state index in [0.717, 1.165) is 13.7 Å². The second kappa shape index (κ2) is 4.30. The highest BCUT2D eigenvalue weighted by Crippen LogP contribution is 2.10. The van der Waals surface area contributed by atoms with Crippen molar-refractivity contribution >= 4 is 11.6 Å². The topological polar surface area (TPSA) is 66.0 Å². The highest BCUT2D eigenvalue weighted by atomic mass is 35.5. The van der Waals surface area contributed by atoms with Gasteiger partial charge in [0.05, 0.1) is 5.69 Å². The summed E-state index contributed by atoms with van der Waals surface area (Å²) in [5.74, 6) is 0. The molecule has 0 aliphatic heterocycles. The van der Waals surface area contributed by atoms with E-state index in [2.05, 4.69) is 0 Å². The number of halogens is 1. The van der Waals surface area contributed by atoms with Crippen LogP contribution in [0.1, 0.15) is 0 Å². The molecule has 0 spiro atoms. The van der Waals surface area contributed by atoms with Crippen LogP contribution in [0.4, 0.5) is 0 Å². The smallest absolute Gasteiger partial charge is 0.248 e. The molecule has 7 heteroatoms. The molecule has 2 aromatic rings. The average molecular weight is 268 g/mol. The van der Waals surface area contributed by atoms with Crippen molar-refractivity contribution in [3.8, 4) is 5.69 Å². The average Bonchev–Trinajstić information content (AvgIpc) is 2.36. The number of benzene rings is 1. The molecule has 0 saturated heterocycles. The lowest BCUT2D eigenvalue weighted by atomic mass is 10.3. The molecule has 0 N–H and O–H groups in total. The fourth-order valence-electron chi connectivity index (χ4n) is 1.58. The van der Waals surface area contributed by atoms with Gasteiger partial charge in [-0.15, -0.1) is 0 Å². The molecule has 0 unspecified atom stereocenters. The van der Waals surface area contributed by atoms with Crippen LogP contribution in [0.3, 0.4) is 0 Å². The molecule has 1 heterocycles. The lowest BCUT2D eigenvalue weighted by Gasteiger charge is -2.08. The Kier molecular flexibility index (Phi) is 2.96. The molecule has 0 aliphatic rings. The van der Waals surface area contributed by atoms with Crippen LogP contribution >= 0.6 is 11.6 Å². The quantitative estimate of drug-likeness (QED) is 0.724. The van der Waals surface area contributed by atoms with Gasteiger partial charge in [-0.3, -0.25) is 0 Å². The normalized spacial score (nSPS) is 10.6. The van der Waals surface area contributed by atoms with Gasteiger partial charge in [0, 0.05) is 19.1 Å². The predicted octanol–water partition coefficient (Wildman–Crippen LogP) is -0.112. The Morgan fingerprint density at radius 1 is 0.833 bits per heavy atom. The van der Waals surface area contributed by atoms with Crippen molar-refractivity contribution in [3.05, 3.63) is 60.7 Å². The van der Waals surface area contributed by atoms with Gasteiger partial charge in [-0.1, -0.05) is 11.6 Å². The Morgan fingerprint density at radius 2 is 1.28 bits per heavy atom. The maximum atomic E-state index is 11.9. The molecule has 0 bridgehead atoms. The lowest BCUT2D eigenvalue weighted by molar-refractivity contribution is 0.581. The van der Waals surface area contributed by atoms with E-state index in [1.54, 1.807) is 12.1 Å². The highest BCUT2D eigenvalue weighted by Gasteiger charge is 2.11. The summed E-state index contributed by atoms with van der Waals surface area (Å²) in [6, 6.07) is 6.20.